The van der Waals surface area contributed by atoms with Crippen molar-refractivity contribution in [3.8, 4) is 0 Å². The van der Waals surface area contributed by atoms with Crippen LogP contribution in [0.5, 0.6) is 0 Å². The summed E-state index contributed by atoms with van der Waals surface area (Å²) in [5, 5.41) is 0. The third-order valence-corrected chi connectivity index (χ3v) is 4.81. The van der Waals surface area contributed by atoms with Crippen LogP contribution in [0.3, 0.4) is 0 Å². The van der Waals surface area contributed by atoms with Gasteiger partial charge in [-0.1, -0.05) is 36.4 Å². The lowest BCUT2D eigenvalue weighted by atomic mass is 9.88. The molecule has 5 heteroatoms. The Morgan fingerprint density at radius 3 is 2.73 bits per heavy atom. The standard InChI is InChI=1S/C21H26N2O3/c1-25-16-21(24)23-11-9-20(26-15-18-8-5-10-22-13-18)19(14-23)12-17-6-3-2-4-7-17/h2-8,10,13,19-20H,9,11-12,14-16H2,1H3/t19-,20-/m0/s1. The van der Waals surface area contributed by atoms with Crippen LogP contribution in [0.4, 0.5) is 0 Å². The molecule has 1 saturated heterocycles. The number of carbonyl (C=O) groups excluding carboxylic acids is 1. The number of hydrogen-bond donors (Lipinski definition) is 0. The third-order valence-electron chi connectivity index (χ3n) is 4.81. The fourth-order valence-electron chi connectivity index (χ4n) is 3.47. The Labute approximate surface area is 155 Å². The number of likely N-dealkylation sites (tertiary alicyclic amines) is 1. The van der Waals surface area contributed by atoms with E-state index in [1.165, 1.54) is 5.56 Å². The minimum atomic E-state index is 0.0521. The first-order chi connectivity index (χ1) is 12.8. The maximum Gasteiger partial charge on any atom is 0.248 e. The molecule has 1 aromatic carbocycles. The topological polar surface area (TPSA) is 51.7 Å². The average molecular weight is 354 g/mol. The summed E-state index contributed by atoms with van der Waals surface area (Å²) in [7, 11) is 1.56. The molecular weight excluding hydrogens is 328 g/mol. The number of benzene rings is 1. The van der Waals surface area contributed by atoms with Crippen molar-refractivity contribution >= 4 is 5.91 Å². The largest absolute Gasteiger partial charge is 0.375 e. The van der Waals surface area contributed by atoms with Crippen LogP contribution in [0.15, 0.2) is 54.9 Å². The molecule has 0 radical (unpaired) electrons. The number of amides is 1. The van der Waals surface area contributed by atoms with Gasteiger partial charge in [0, 0.05) is 38.5 Å². The van der Waals surface area contributed by atoms with Crippen LogP contribution in [-0.2, 0) is 27.3 Å². The molecule has 138 valence electrons. The molecule has 2 aromatic rings. The van der Waals surface area contributed by atoms with Crippen LogP contribution in [-0.4, -0.2) is 48.7 Å². The van der Waals surface area contributed by atoms with Gasteiger partial charge in [0.1, 0.15) is 6.61 Å². The Morgan fingerprint density at radius 1 is 1.19 bits per heavy atom. The van der Waals surface area contributed by atoms with E-state index in [1.54, 1.807) is 13.3 Å². The molecule has 1 fully saturated rings. The molecule has 3 rings (SSSR count). The van der Waals surface area contributed by atoms with Crippen LogP contribution >= 0.6 is 0 Å². The molecule has 1 amide bonds. The van der Waals surface area contributed by atoms with E-state index < -0.39 is 0 Å². The summed E-state index contributed by atoms with van der Waals surface area (Å²) < 4.78 is 11.2. The van der Waals surface area contributed by atoms with E-state index in [1.807, 2.05) is 29.3 Å². The zero-order valence-electron chi connectivity index (χ0n) is 15.2. The van der Waals surface area contributed by atoms with Crippen molar-refractivity contribution in [2.24, 2.45) is 5.92 Å². The SMILES string of the molecule is COCC(=O)N1CC[C@H](OCc2cccnc2)[C@@H](Cc2ccccc2)C1. The van der Waals surface area contributed by atoms with Crippen LogP contribution in [0.2, 0.25) is 0 Å². The summed E-state index contributed by atoms with van der Waals surface area (Å²) in [4.78, 5) is 18.3. The number of carbonyl (C=O) groups is 1. The molecule has 0 N–H and O–H groups in total. The van der Waals surface area contributed by atoms with E-state index in [0.29, 0.717) is 19.7 Å². The van der Waals surface area contributed by atoms with Crippen molar-refractivity contribution in [1.82, 2.24) is 9.88 Å². The number of piperidine rings is 1. The summed E-state index contributed by atoms with van der Waals surface area (Å²) in [6.07, 6.45) is 5.47. The molecule has 0 aliphatic carbocycles. The highest BCUT2D eigenvalue weighted by Crippen LogP contribution is 2.25. The van der Waals surface area contributed by atoms with E-state index in [4.69, 9.17) is 9.47 Å². The van der Waals surface area contributed by atoms with E-state index in [9.17, 15) is 4.79 Å². The zero-order chi connectivity index (χ0) is 18.2. The van der Waals surface area contributed by atoms with Gasteiger partial charge in [-0.25, -0.2) is 0 Å². The second kappa shape index (κ2) is 9.46. The van der Waals surface area contributed by atoms with Gasteiger partial charge in [0.05, 0.1) is 12.7 Å². The predicted octanol–water partition coefficient (Wildman–Crippen LogP) is 2.70. The molecule has 1 aliphatic heterocycles. The lowest BCUT2D eigenvalue weighted by Crippen LogP contribution is -2.48. The average Bonchev–Trinajstić information content (AvgIpc) is 2.69. The molecule has 0 bridgehead atoms. The highest BCUT2D eigenvalue weighted by atomic mass is 16.5. The van der Waals surface area contributed by atoms with Crippen LogP contribution < -0.4 is 0 Å². The normalized spacial score (nSPS) is 20.1. The van der Waals surface area contributed by atoms with Gasteiger partial charge < -0.3 is 14.4 Å². The summed E-state index contributed by atoms with van der Waals surface area (Å²) in [6.45, 7) is 2.11. The smallest absolute Gasteiger partial charge is 0.248 e. The van der Waals surface area contributed by atoms with E-state index >= 15 is 0 Å². The monoisotopic (exact) mass is 354 g/mol. The van der Waals surface area contributed by atoms with Gasteiger partial charge in [0.15, 0.2) is 0 Å². The summed E-state index contributed by atoms with van der Waals surface area (Å²) >= 11 is 0. The first-order valence-corrected chi connectivity index (χ1v) is 9.07. The molecule has 26 heavy (non-hydrogen) atoms. The van der Waals surface area contributed by atoms with E-state index in [-0.39, 0.29) is 24.5 Å². The number of ether oxygens (including phenoxy) is 2. The Morgan fingerprint density at radius 2 is 2.00 bits per heavy atom. The maximum atomic E-state index is 12.2. The molecular formula is C21H26N2O3. The quantitative estimate of drug-likeness (QED) is 0.767. The minimum Gasteiger partial charge on any atom is -0.375 e. The Bertz CT molecular complexity index is 678. The first-order valence-electron chi connectivity index (χ1n) is 9.07. The number of aromatic nitrogens is 1. The van der Waals surface area contributed by atoms with Crippen LogP contribution in [0.25, 0.3) is 0 Å². The number of methoxy groups -OCH3 is 1. The fraction of sp³-hybridized carbons (Fsp3) is 0.429. The third kappa shape index (κ3) is 5.13. The summed E-state index contributed by atoms with van der Waals surface area (Å²) in [6, 6.07) is 14.3. The lowest BCUT2D eigenvalue weighted by molar-refractivity contribution is -0.140. The van der Waals surface area contributed by atoms with Gasteiger partial charge in [0.2, 0.25) is 5.91 Å². The number of pyridine rings is 1. The molecule has 1 aliphatic rings. The van der Waals surface area contributed by atoms with Gasteiger partial charge >= 0.3 is 0 Å². The molecule has 2 atom stereocenters. The predicted molar refractivity (Wildman–Crippen MR) is 99.5 cm³/mol. The minimum absolute atomic E-state index is 0.0521. The van der Waals surface area contributed by atoms with Crippen LogP contribution in [0, 0.1) is 5.92 Å². The summed E-state index contributed by atoms with van der Waals surface area (Å²) in [5.74, 6) is 0.319. The molecule has 2 heterocycles. The van der Waals surface area contributed by atoms with Gasteiger partial charge in [0.25, 0.3) is 0 Å². The maximum absolute atomic E-state index is 12.2. The fourth-order valence-corrected chi connectivity index (χ4v) is 3.47. The number of hydrogen-bond acceptors (Lipinski definition) is 4. The van der Waals surface area contributed by atoms with Gasteiger partial charge in [-0.15, -0.1) is 0 Å². The van der Waals surface area contributed by atoms with Crippen molar-refractivity contribution in [3.63, 3.8) is 0 Å². The van der Waals surface area contributed by atoms with E-state index in [2.05, 4.69) is 29.2 Å². The van der Waals surface area contributed by atoms with E-state index in [0.717, 1.165) is 18.4 Å². The van der Waals surface area contributed by atoms with Crippen molar-refractivity contribution in [1.29, 1.82) is 0 Å². The van der Waals surface area contributed by atoms with Crippen LogP contribution in [0.1, 0.15) is 17.5 Å². The Balaban J connectivity index is 1.66. The molecule has 5 nitrogen and oxygen atoms in total. The number of nitrogens with zero attached hydrogens (tertiary/aromatic N) is 2. The second-order valence-electron chi connectivity index (χ2n) is 6.72. The van der Waals surface area contributed by atoms with Crippen molar-refractivity contribution in [2.75, 3.05) is 26.8 Å². The van der Waals surface area contributed by atoms with Gasteiger partial charge in [-0.2, -0.15) is 0 Å². The second-order valence-corrected chi connectivity index (χ2v) is 6.72. The van der Waals surface area contributed by atoms with Gasteiger partial charge in [-0.3, -0.25) is 9.78 Å². The molecule has 1 aromatic heterocycles. The molecule has 0 saturated carbocycles. The highest BCUT2D eigenvalue weighted by Gasteiger charge is 2.32. The Kier molecular flexibility index (Phi) is 6.75. The van der Waals surface area contributed by atoms with Crippen molar-refractivity contribution < 1.29 is 14.3 Å². The molecule has 0 unspecified atom stereocenters. The highest BCUT2D eigenvalue weighted by molar-refractivity contribution is 5.77. The first kappa shape index (κ1) is 18.5. The molecule has 0 spiro atoms. The van der Waals surface area contributed by atoms with Gasteiger partial charge in [-0.05, 0) is 30.0 Å². The number of rotatable bonds is 7. The summed E-state index contributed by atoms with van der Waals surface area (Å²) in [5.41, 5.74) is 2.34. The zero-order valence-corrected chi connectivity index (χ0v) is 15.2. The Hall–Kier alpha value is -2.24. The van der Waals surface area contributed by atoms with Crippen molar-refractivity contribution in [2.45, 2.75) is 25.6 Å². The lowest BCUT2D eigenvalue weighted by Gasteiger charge is -2.38. The van der Waals surface area contributed by atoms with Crippen molar-refractivity contribution in [3.05, 3.63) is 66.0 Å².